The number of hydrogen-bond donors (Lipinski definition) is 1. The van der Waals surface area contributed by atoms with E-state index in [1.54, 1.807) is 6.07 Å². The van der Waals surface area contributed by atoms with E-state index in [2.05, 4.69) is 20.2 Å². The standard InChI is InChI=1S/C17H15ClF3N3O4/c1-26-13-6-10(5-12(18)16(13)28-9-15(25)27-2)7-23-24-14-4-3-11(8-22-14)17(19,20)21/h3-8H,9H2,1-2H3,(H,22,24)/b23-7-. The molecule has 150 valence electrons. The molecule has 0 saturated heterocycles. The molecule has 2 rings (SSSR count). The van der Waals surface area contributed by atoms with Crippen LogP contribution in [0.1, 0.15) is 11.1 Å². The zero-order valence-corrected chi connectivity index (χ0v) is 15.5. The molecule has 0 saturated carbocycles. The topological polar surface area (TPSA) is 82.0 Å². The van der Waals surface area contributed by atoms with Gasteiger partial charge in [0, 0.05) is 6.20 Å². The van der Waals surface area contributed by atoms with Gasteiger partial charge in [0.25, 0.3) is 0 Å². The van der Waals surface area contributed by atoms with Crippen molar-refractivity contribution < 1.29 is 32.2 Å². The second kappa shape index (κ2) is 9.27. The van der Waals surface area contributed by atoms with E-state index in [0.717, 1.165) is 12.1 Å². The van der Waals surface area contributed by atoms with E-state index >= 15 is 0 Å². The summed E-state index contributed by atoms with van der Waals surface area (Å²) in [6.07, 6.45) is -2.40. The molecule has 0 aliphatic rings. The van der Waals surface area contributed by atoms with Gasteiger partial charge in [-0.15, -0.1) is 0 Å². The number of nitrogens with one attached hydrogen (secondary N) is 1. The van der Waals surface area contributed by atoms with Crippen LogP contribution in [0, 0.1) is 0 Å². The SMILES string of the molecule is COC(=O)COc1c(Cl)cc(/C=N\Nc2ccc(C(F)(F)F)cn2)cc1OC. The van der Waals surface area contributed by atoms with Crippen LogP contribution in [0.2, 0.25) is 5.02 Å². The Balaban J connectivity index is 2.09. The van der Waals surface area contributed by atoms with Crippen LogP contribution >= 0.6 is 11.6 Å². The molecule has 0 fully saturated rings. The van der Waals surface area contributed by atoms with Crippen molar-refractivity contribution in [1.82, 2.24) is 4.98 Å². The Morgan fingerprint density at radius 3 is 2.64 bits per heavy atom. The summed E-state index contributed by atoms with van der Waals surface area (Å²) in [4.78, 5) is 14.8. The van der Waals surface area contributed by atoms with E-state index in [4.69, 9.17) is 21.1 Å². The zero-order valence-electron chi connectivity index (χ0n) is 14.7. The number of carbonyl (C=O) groups is 1. The molecular formula is C17H15ClF3N3O4. The van der Waals surface area contributed by atoms with E-state index in [0.29, 0.717) is 11.8 Å². The molecule has 11 heteroatoms. The average Bonchev–Trinajstić information content (AvgIpc) is 2.66. The minimum absolute atomic E-state index is 0.125. The highest BCUT2D eigenvalue weighted by Gasteiger charge is 2.30. The minimum Gasteiger partial charge on any atom is -0.493 e. The van der Waals surface area contributed by atoms with Crippen LogP contribution in [0.3, 0.4) is 0 Å². The second-order valence-electron chi connectivity index (χ2n) is 5.20. The van der Waals surface area contributed by atoms with Crippen molar-refractivity contribution in [3.63, 3.8) is 0 Å². The summed E-state index contributed by atoms with van der Waals surface area (Å²) in [6.45, 7) is -0.346. The molecule has 28 heavy (non-hydrogen) atoms. The number of esters is 1. The second-order valence-corrected chi connectivity index (χ2v) is 5.61. The first-order valence-electron chi connectivity index (χ1n) is 7.64. The maximum atomic E-state index is 12.5. The Morgan fingerprint density at radius 2 is 2.07 bits per heavy atom. The van der Waals surface area contributed by atoms with Crippen LogP contribution in [-0.2, 0) is 15.7 Å². The summed E-state index contributed by atoms with van der Waals surface area (Å²) in [5, 5.41) is 4.05. The first-order valence-corrected chi connectivity index (χ1v) is 8.02. The number of hydrogen-bond acceptors (Lipinski definition) is 7. The molecule has 2 aromatic rings. The van der Waals surface area contributed by atoms with Crippen LogP contribution in [0.5, 0.6) is 11.5 Å². The number of carbonyl (C=O) groups excluding carboxylic acids is 1. The number of pyridine rings is 1. The van der Waals surface area contributed by atoms with Crippen molar-refractivity contribution in [3.05, 3.63) is 46.6 Å². The van der Waals surface area contributed by atoms with Gasteiger partial charge in [-0.1, -0.05) is 11.6 Å². The maximum absolute atomic E-state index is 12.5. The molecule has 0 atom stereocenters. The molecule has 1 aromatic carbocycles. The third-order valence-electron chi connectivity index (χ3n) is 3.30. The highest BCUT2D eigenvalue weighted by molar-refractivity contribution is 6.32. The van der Waals surface area contributed by atoms with Crippen molar-refractivity contribution in [1.29, 1.82) is 0 Å². The highest BCUT2D eigenvalue weighted by atomic mass is 35.5. The normalized spacial score (nSPS) is 11.4. The van der Waals surface area contributed by atoms with Crippen molar-refractivity contribution in [2.45, 2.75) is 6.18 Å². The van der Waals surface area contributed by atoms with E-state index in [9.17, 15) is 18.0 Å². The Labute approximate surface area is 163 Å². The number of halogens is 4. The monoisotopic (exact) mass is 417 g/mol. The molecule has 0 unspecified atom stereocenters. The molecule has 0 amide bonds. The molecule has 1 N–H and O–H groups in total. The largest absolute Gasteiger partial charge is 0.493 e. The third-order valence-corrected chi connectivity index (χ3v) is 3.58. The van der Waals surface area contributed by atoms with Gasteiger partial charge in [0.05, 0.1) is 31.0 Å². The molecule has 0 aliphatic heterocycles. The van der Waals surface area contributed by atoms with Crippen molar-refractivity contribution in [2.75, 3.05) is 26.3 Å². The predicted molar refractivity (Wildman–Crippen MR) is 96.0 cm³/mol. The fourth-order valence-corrected chi connectivity index (χ4v) is 2.22. The predicted octanol–water partition coefficient (Wildman–Crippen LogP) is 3.76. The van der Waals surface area contributed by atoms with E-state index < -0.39 is 17.7 Å². The van der Waals surface area contributed by atoms with E-state index in [-0.39, 0.29) is 28.9 Å². The Morgan fingerprint density at radius 1 is 1.32 bits per heavy atom. The number of alkyl halides is 3. The lowest BCUT2D eigenvalue weighted by molar-refractivity contribution is -0.143. The number of ether oxygens (including phenoxy) is 3. The number of rotatable bonds is 7. The first-order chi connectivity index (χ1) is 13.2. The summed E-state index contributed by atoms with van der Waals surface area (Å²) >= 11 is 6.14. The number of aromatic nitrogens is 1. The molecular weight excluding hydrogens is 403 g/mol. The average molecular weight is 418 g/mol. The molecule has 1 heterocycles. The van der Waals surface area contributed by atoms with Gasteiger partial charge in [0.1, 0.15) is 5.82 Å². The molecule has 1 aromatic heterocycles. The Kier molecular flexibility index (Phi) is 7.05. The fraction of sp³-hybridized carbons (Fsp3) is 0.235. The Bertz CT molecular complexity index is 858. The quantitative estimate of drug-likeness (QED) is 0.419. The third kappa shape index (κ3) is 5.74. The maximum Gasteiger partial charge on any atom is 0.417 e. The van der Waals surface area contributed by atoms with Gasteiger partial charge in [-0.25, -0.2) is 9.78 Å². The fourth-order valence-electron chi connectivity index (χ4n) is 1.95. The Hall–Kier alpha value is -3.01. The van der Waals surface area contributed by atoms with Gasteiger partial charge in [-0.05, 0) is 29.8 Å². The zero-order chi connectivity index (χ0) is 20.7. The van der Waals surface area contributed by atoms with Crippen molar-refractivity contribution in [2.24, 2.45) is 5.10 Å². The van der Waals surface area contributed by atoms with Gasteiger partial charge in [-0.3, -0.25) is 5.43 Å². The summed E-state index contributed by atoms with van der Waals surface area (Å²) in [5.41, 5.74) is 2.15. The molecule has 0 radical (unpaired) electrons. The van der Waals surface area contributed by atoms with Gasteiger partial charge in [0.15, 0.2) is 18.1 Å². The smallest absolute Gasteiger partial charge is 0.417 e. The first kappa shape index (κ1) is 21.3. The van der Waals surface area contributed by atoms with Crippen molar-refractivity contribution in [3.8, 4) is 11.5 Å². The summed E-state index contributed by atoms with van der Waals surface area (Å²) in [7, 11) is 2.62. The van der Waals surface area contributed by atoms with E-state index in [1.807, 2.05) is 0 Å². The van der Waals surface area contributed by atoms with Crippen LogP contribution in [0.25, 0.3) is 0 Å². The summed E-state index contributed by atoms with van der Waals surface area (Å²) < 4.78 is 52.5. The number of methoxy groups -OCH3 is 2. The van der Waals surface area contributed by atoms with Crippen molar-refractivity contribution >= 4 is 29.6 Å². The van der Waals surface area contributed by atoms with Gasteiger partial charge in [-0.2, -0.15) is 18.3 Å². The van der Waals surface area contributed by atoms with Crippen LogP contribution < -0.4 is 14.9 Å². The summed E-state index contributed by atoms with van der Waals surface area (Å²) in [5.74, 6) is -0.0491. The number of anilines is 1. The molecule has 0 aliphatic carbocycles. The lowest BCUT2D eigenvalue weighted by atomic mass is 10.2. The highest BCUT2D eigenvalue weighted by Crippen LogP contribution is 2.36. The molecule has 0 bridgehead atoms. The summed E-state index contributed by atoms with van der Waals surface area (Å²) in [6, 6.07) is 5.08. The van der Waals surface area contributed by atoms with Gasteiger partial charge in [0.2, 0.25) is 0 Å². The number of benzene rings is 1. The van der Waals surface area contributed by atoms with Gasteiger partial charge >= 0.3 is 12.1 Å². The lowest BCUT2D eigenvalue weighted by Gasteiger charge is -2.12. The number of nitrogens with zero attached hydrogens (tertiary/aromatic N) is 2. The van der Waals surface area contributed by atoms with E-state index in [1.165, 1.54) is 26.5 Å². The molecule has 7 nitrogen and oxygen atoms in total. The minimum atomic E-state index is -4.46. The lowest BCUT2D eigenvalue weighted by Crippen LogP contribution is -2.13. The molecule has 0 spiro atoms. The number of hydrazone groups is 1. The van der Waals surface area contributed by atoms with Crippen LogP contribution in [0.15, 0.2) is 35.6 Å². The van der Waals surface area contributed by atoms with Gasteiger partial charge < -0.3 is 14.2 Å². The van der Waals surface area contributed by atoms with Crippen LogP contribution in [0.4, 0.5) is 19.0 Å². The van der Waals surface area contributed by atoms with Crippen LogP contribution in [-0.4, -0.2) is 38.0 Å².